The quantitative estimate of drug-likeness (QED) is 0.768. The summed E-state index contributed by atoms with van der Waals surface area (Å²) in [6, 6.07) is 8.43. The van der Waals surface area contributed by atoms with Gasteiger partial charge in [-0.25, -0.2) is 4.98 Å². The third-order valence-corrected chi connectivity index (χ3v) is 4.78. The van der Waals surface area contributed by atoms with E-state index >= 15 is 0 Å². The van der Waals surface area contributed by atoms with Crippen LogP contribution in [-0.2, 0) is 5.88 Å². The molecular weight excluding hydrogens is 270 g/mol. The molecule has 1 atom stereocenters. The highest BCUT2D eigenvalue weighted by Gasteiger charge is 2.37. The van der Waals surface area contributed by atoms with Gasteiger partial charge >= 0.3 is 0 Å². The first-order valence-corrected chi connectivity index (χ1v) is 7.58. The van der Waals surface area contributed by atoms with Crippen molar-refractivity contribution in [2.75, 3.05) is 0 Å². The van der Waals surface area contributed by atoms with Crippen LogP contribution in [0, 0.1) is 16.7 Å². The largest absolute Gasteiger partial charge is 0.323 e. The molecule has 2 aromatic rings. The number of fused-ring (bicyclic) bond motifs is 1. The molecule has 3 nitrogen and oxygen atoms in total. The summed E-state index contributed by atoms with van der Waals surface area (Å²) in [4.78, 5) is 4.62. The molecule has 1 aliphatic rings. The van der Waals surface area contributed by atoms with Gasteiger partial charge in [0.2, 0.25) is 0 Å². The smallest absolute Gasteiger partial charge is 0.125 e. The molecule has 1 aromatic heterocycles. The summed E-state index contributed by atoms with van der Waals surface area (Å²) in [5.41, 5.74) is 2.70. The van der Waals surface area contributed by atoms with Crippen LogP contribution in [-0.4, -0.2) is 9.55 Å². The van der Waals surface area contributed by atoms with E-state index in [-0.39, 0.29) is 5.41 Å². The van der Waals surface area contributed by atoms with Crippen LogP contribution in [0.5, 0.6) is 0 Å². The van der Waals surface area contributed by atoms with E-state index in [0.29, 0.717) is 17.5 Å². The number of para-hydroxylation sites is 1. The van der Waals surface area contributed by atoms with Gasteiger partial charge < -0.3 is 4.57 Å². The van der Waals surface area contributed by atoms with E-state index in [9.17, 15) is 5.26 Å². The molecule has 104 valence electrons. The Kier molecular flexibility index (Phi) is 3.22. The summed E-state index contributed by atoms with van der Waals surface area (Å²) in [6.45, 7) is 4.62. The van der Waals surface area contributed by atoms with Crippen molar-refractivity contribution in [3.63, 3.8) is 0 Å². The molecule has 0 saturated heterocycles. The predicted octanol–water partition coefficient (Wildman–Crippen LogP) is 4.40. The number of rotatable bonds is 2. The number of imidazole rings is 1. The zero-order chi connectivity index (χ0) is 14.3. The van der Waals surface area contributed by atoms with Crippen LogP contribution in [0.1, 0.15) is 50.5 Å². The van der Waals surface area contributed by atoms with Crippen molar-refractivity contribution in [3.05, 3.63) is 29.6 Å². The van der Waals surface area contributed by atoms with Gasteiger partial charge in [0, 0.05) is 6.04 Å². The van der Waals surface area contributed by atoms with E-state index in [2.05, 4.69) is 29.5 Å². The fourth-order valence-corrected chi connectivity index (χ4v) is 3.67. The van der Waals surface area contributed by atoms with Crippen LogP contribution in [0.3, 0.4) is 0 Å². The average molecular weight is 288 g/mol. The highest BCUT2D eigenvalue weighted by molar-refractivity contribution is 6.16. The van der Waals surface area contributed by atoms with E-state index < -0.39 is 0 Å². The van der Waals surface area contributed by atoms with Crippen molar-refractivity contribution in [3.8, 4) is 6.07 Å². The highest BCUT2D eigenvalue weighted by Crippen LogP contribution is 2.47. The standard InChI is InChI=1S/C16H18ClN3/c1-16(2)8-4-7-13(16)20-12-6-3-5-11(10-18)15(12)19-14(20)9-17/h3,5-6,13H,4,7-9H2,1-2H3. The topological polar surface area (TPSA) is 41.6 Å². The fourth-order valence-electron chi connectivity index (χ4n) is 3.48. The first-order valence-electron chi connectivity index (χ1n) is 7.04. The van der Waals surface area contributed by atoms with Gasteiger partial charge in [-0.3, -0.25) is 0 Å². The van der Waals surface area contributed by atoms with Crippen LogP contribution in [0.25, 0.3) is 11.0 Å². The average Bonchev–Trinajstić information content (AvgIpc) is 2.97. The second-order valence-electron chi connectivity index (χ2n) is 6.21. The molecular formula is C16H18ClN3. The number of aromatic nitrogens is 2. The monoisotopic (exact) mass is 287 g/mol. The van der Waals surface area contributed by atoms with Crippen LogP contribution in [0.2, 0.25) is 0 Å². The Morgan fingerprint density at radius 1 is 1.50 bits per heavy atom. The second kappa shape index (κ2) is 4.79. The van der Waals surface area contributed by atoms with Crippen molar-refractivity contribution in [2.45, 2.75) is 45.0 Å². The number of benzene rings is 1. The molecule has 4 heteroatoms. The van der Waals surface area contributed by atoms with Crippen molar-refractivity contribution in [1.82, 2.24) is 9.55 Å². The molecule has 1 unspecified atom stereocenters. The number of hydrogen-bond donors (Lipinski definition) is 0. The molecule has 0 spiro atoms. The Bertz CT molecular complexity index is 694. The Balaban J connectivity index is 2.27. The van der Waals surface area contributed by atoms with E-state index in [1.54, 1.807) is 0 Å². The van der Waals surface area contributed by atoms with Crippen molar-refractivity contribution < 1.29 is 0 Å². The summed E-state index contributed by atoms with van der Waals surface area (Å²) in [6.07, 6.45) is 3.60. The molecule has 1 aromatic carbocycles. The molecule has 3 rings (SSSR count). The van der Waals surface area contributed by atoms with Gasteiger partial charge in [-0.05, 0) is 30.4 Å². The first-order chi connectivity index (χ1) is 9.58. The minimum Gasteiger partial charge on any atom is -0.323 e. The van der Waals surface area contributed by atoms with Crippen LogP contribution in [0.15, 0.2) is 18.2 Å². The van der Waals surface area contributed by atoms with Crippen molar-refractivity contribution in [1.29, 1.82) is 5.26 Å². The van der Waals surface area contributed by atoms with Gasteiger partial charge in [-0.1, -0.05) is 26.3 Å². The lowest BCUT2D eigenvalue weighted by Gasteiger charge is -2.30. The van der Waals surface area contributed by atoms with Crippen LogP contribution >= 0.6 is 11.6 Å². The normalized spacial score (nSPS) is 21.2. The Labute approximate surface area is 124 Å². The maximum absolute atomic E-state index is 9.24. The third-order valence-electron chi connectivity index (χ3n) is 4.55. The molecule has 0 N–H and O–H groups in total. The predicted molar refractivity (Wildman–Crippen MR) is 80.7 cm³/mol. The number of alkyl halides is 1. The summed E-state index contributed by atoms with van der Waals surface area (Å²) in [5, 5.41) is 9.24. The van der Waals surface area contributed by atoms with Crippen molar-refractivity contribution >= 4 is 22.6 Å². The fraction of sp³-hybridized carbons (Fsp3) is 0.500. The Morgan fingerprint density at radius 2 is 2.30 bits per heavy atom. The third kappa shape index (κ3) is 1.91. The summed E-state index contributed by atoms with van der Waals surface area (Å²) < 4.78 is 2.27. The van der Waals surface area contributed by atoms with E-state index in [1.165, 1.54) is 12.8 Å². The summed E-state index contributed by atoms with van der Waals surface area (Å²) in [7, 11) is 0. The Hall–Kier alpha value is -1.53. The van der Waals surface area contributed by atoms with Gasteiger partial charge in [0.25, 0.3) is 0 Å². The number of halogens is 1. The molecule has 1 saturated carbocycles. The lowest BCUT2D eigenvalue weighted by Crippen LogP contribution is -2.22. The van der Waals surface area contributed by atoms with Crippen molar-refractivity contribution in [2.24, 2.45) is 5.41 Å². The van der Waals surface area contributed by atoms with E-state index in [4.69, 9.17) is 11.6 Å². The zero-order valence-electron chi connectivity index (χ0n) is 11.9. The molecule has 1 heterocycles. The van der Waals surface area contributed by atoms with Gasteiger partial charge in [0.1, 0.15) is 17.4 Å². The highest BCUT2D eigenvalue weighted by atomic mass is 35.5. The molecule has 1 fully saturated rings. The van der Waals surface area contributed by atoms with Gasteiger partial charge in [0.15, 0.2) is 0 Å². The second-order valence-corrected chi connectivity index (χ2v) is 6.48. The SMILES string of the molecule is CC1(C)CCCC1n1c(CCl)nc2c(C#N)cccc21. The molecule has 0 radical (unpaired) electrons. The zero-order valence-corrected chi connectivity index (χ0v) is 12.6. The van der Waals surface area contributed by atoms with E-state index in [0.717, 1.165) is 23.3 Å². The Morgan fingerprint density at radius 3 is 2.90 bits per heavy atom. The van der Waals surface area contributed by atoms with Crippen LogP contribution < -0.4 is 0 Å². The molecule has 0 bridgehead atoms. The lowest BCUT2D eigenvalue weighted by molar-refractivity contribution is 0.262. The molecule has 1 aliphatic carbocycles. The lowest BCUT2D eigenvalue weighted by atomic mass is 9.87. The summed E-state index contributed by atoms with van der Waals surface area (Å²) in [5.74, 6) is 1.26. The van der Waals surface area contributed by atoms with Crippen LogP contribution in [0.4, 0.5) is 0 Å². The maximum atomic E-state index is 9.24. The minimum absolute atomic E-state index is 0.247. The number of hydrogen-bond acceptors (Lipinski definition) is 2. The molecule has 0 amide bonds. The van der Waals surface area contributed by atoms with Gasteiger partial charge in [-0.15, -0.1) is 11.6 Å². The molecule has 20 heavy (non-hydrogen) atoms. The number of nitriles is 1. The number of nitrogens with zero attached hydrogens (tertiary/aromatic N) is 3. The molecule has 0 aliphatic heterocycles. The van der Waals surface area contributed by atoms with Gasteiger partial charge in [-0.2, -0.15) is 5.26 Å². The van der Waals surface area contributed by atoms with E-state index in [1.807, 2.05) is 18.2 Å². The maximum Gasteiger partial charge on any atom is 0.125 e. The van der Waals surface area contributed by atoms with Gasteiger partial charge in [0.05, 0.1) is 17.0 Å². The first kappa shape index (κ1) is 13.5. The minimum atomic E-state index is 0.247. The summed E-state index contributed by atoms with van der Waals surface area (Å²) >= 11 is 6.10.